The third kappa shape index (κ3) is 3.40. The van der Waals surface area contributed by atoms with E-state index in [1.807, 2.05) is 6.07 Å². The lowest BCUT2D eigenvalue weighted by molar-refractivity contribution is 0.0869. The van der Waals surface area contributed by atoms with E-state index >= 15 is 0 Å². The van der Waals surface area contributed by atoms with Gasteiger partial charge in [-0.1, -0.05) is 17.7 Å². The van der Waals surface area contributed by atoms with Gasteiger partial charge in [0.05, 0.1) is 0 Å². The molecule has 1 saturated heterocycles. The molecule has 18 heavy (non-hydrogen) atoms. The van der Waals surface area contributed by atoms with Crippen molar-refractivity contribution < 1.29 is 4.79 Å². The first-order valence-corrected chi connectivity index (χ1v) is 7.76. The van der Waals surface area contributed by atoms with Crippen LogP contribution in [0.25, 0.3) is 0 Å². The van der Waals surface area contributed by atoms with Crippen LogP contribution in [0.3, 0.4) is 0 Å². The summed E-state index contributed by atoms with van der Waals surface area (Å²) < 4.78 is 2.19. The van der Waals surface area contributed by atoms with Gasteiger partial charge in [-0.3, -0.25) is 9.78 Å². The van der Waals surface area contributed by atoms with Crippen LogP contribution in [0.1, 0.15) is 30.3 Å². The molecule has 2 heterocycles. The van der Waals surface area contributed by atoms with Gasteiger partial charge in [0.25, 0.3) is 5.91 Å². The van der Waals surface area contributed by atoms with E-state index in [-0.39, 0.29) is 11.4 Å². The molecule has 1 N–H and O–H groups in total. The van der Waals surface area contributed by atoms with Crippen LogP contribution in [0.5, 0.6) is 0 Å². The van der Waals surface area contributed by atoms with E-state index in [0.717, 1.165) is 25.9 Å². The number of thiol groups is 1. The Balaban J connectivity index is 1.95. The highest BCUT2D eigenvalue weighted by Gasteiger charge is 2.31. The average molecular weight is 283 g/mol. The summed E-state index contributed by atoms with van der Waals surface area (Å²) in [6.07, 6.45) is 3.50. The van der Waals surface area contributed by atoms with Gasteiger partial charge in [-0.2, -0.15) is 0 Å². The number of amides is 1. The van der Waals surface area contributed by atoms with E-state index in [2.05, 4.69) is 33.2 Å². The minimum atomic E-state index is -0.144. The van der Waals surface area contributed by atoms with Gasteiger partial charge in [-0.05, 0) is 42.9 Å². The second kappa shape index (κ2) is 5.95. The van der Waals surface area contributed by atoms with Crippen LogP contribution in [-0.4, -0.2) is 33.8 Å². The lowest BCUT2D eigenvalue weighted by Gasteiger charge is -2.38. The largest absolute Gasteiger partial charge is 0.345 e. The van der Waals surface area contributed by atoms with Crippen LogP contribution in [0, 0.1) is 0 Å². The number of carbonyl (C=O) groups is 1. The SMILES string of the molecule is CC1(NC(=O)c2ccccn2)CCN(SS)CC1. The molecule has 1 aliphatic rings. The molecule has 0 aliphatic carbocycles. The van der Waals surface area contributed by atoms with Crippen molar-refractivity contribution in [3.05, 3.63) is 30.1 Å². The lowest BCUT2D eigenvalue weighted by Crippen LogP contribution is -2.52. The van der Waals surface area contributed by atoms with E-state index in [4.69, 9.17) is 0 Å². The second-order valence-electron chi connectivity index (χ2n) is 4.74. The van der Waals surface area contributed by atoms with Gasteiger partial charge in [0.15, 0.2) is 0 Å². The van der Waals surface area contributed by atoms with Gasteiger partial charge in [0, 0.05) is 24.8 Å². The molecule has 0 aromatic carbocycles. The van der Waals surface area contributed by atoms with Crippen LogP contribution in [0.2, 0.25) is 0 Å². The lowest BCUT2D eigenvalue weighted by atomic mass is 9.90. The maximum atomic E-state index is 12.1. The highest BCUT2D eigenvalue weighted by Crippen LogP contribution is 2.27. The first-order chi connectivity index (χ1) is 8.63. The topological polar surface area (TPSA) is 45.2 Å². The Kier molecular flexibility index (Phi) is 4.53. The Morgan fingerprint density at radius 3 is 2.78 bits per heavy atom. The zero-order valence-electron chi connectivity index (χ0n) is 10.3. The molecule has 0 saturated carbocycles. The molecular formula is C12H17N3OS2. The number of rotatable bonds is 3. The zero-order chi connectivity index (χ0) is 13.0. The van der Waals surface area contributed by atoms with Crippen molar-refractivity contribution in [3.8, 4) is 0 Å². The van der Waals surface area contributed by atoms with Crippen LogP contribution in [-0.2, 0) is 0 Å². The summed E-state index contributed by atoms with van der Waals surface area (Å²) in [5, 5.41) is 3.09. The fourth-order valence-electron chi connectivity index (χ4n) is 2.02. The fourth-order valence-corrected chi connectivity index (χ4v) is 2.86. The smallest absolute Gasteiger partial charge is 0.270 e. The molecule has 98 valence electrons. The van der Waals surface area contributed by atoms with Gasteiger partial charge in [-0.15, -0.1) is 0 Å². The summed E-state index contributed by atoms with van der Waals surface area (Å²) >= 11 is 4.19. The van der Waals surface area contributed by atoms with Crippen molar-refractivity contribution in [2.75, 3.05) is 13.1 Å². The average Bonchev–Trinajstić information content (AvgIpc) is 2.40. The Morgan fingerprint density at radius 2 is 2.22 bits per heavy atom. The standard InChI is InChI=1S/C12H17N3OS2/c1-12(5-8-15(18-17)9-6-12)14-11(16)10-4-2-3-7-13-10/h2-4,7,17H,5-6,8-9H2,1H3,(H,14,16). The number of carbonyl (C=O) groups excluding carboxylic acids is 1. The summed E-state index contributed by atoms with van der Waals surface area (Å²) in [6.45, 7) is 3.97. The molecule has 0 spiro atoms. The Hall–Kier alpha value is -0.720. The summed E-state index contributed by atoms with van der Waals surface area (Å²) in [6, 6.07) is 5.36. The second-order valence-corrected chi connectivity index (χ2v) is 5.91. The molecule has 1 aromatic rings. The van der Waals surface area contributed by atoms with Gasteiger partial charge in [0.2, 0.25) is 0 Å². The van der Waals surface area contributed by atoms with E-state index < -0.39 is 0 Å². The summed E-state index contributed by atoms with van der Waals surface area (Å²) in [7, 11) is 1.46. The molecular weight excluding hydrogens is 266 g/mol. The third-order valence-electron chi connectivity index (χ3n) is 3.25. The van der Waals surface area contributed by atoms with Crippen molar-refractivity contribution in [2.24, 2.45) is 0 Å². The number of piperidine rings is 1. The van der Waals surface area contributed by atoms with E-state index in [0.29, 0.717) is 5.69 Å². The van der Waals surface area contributed by atoms with E-state index in [9.17, 15) is 4.79 Å². The maximum Gasteiger partial charge on any atom is 0.270 e. The number of pyridine rings is 1. The molecule has 1 aliphatic heterocycles. The Labute approximate surface area is 116 Å². The first kappa shape index (κ1) is 13.7. The van der Waals surface area contributed by atoms with Gasteiger partial charge < -0.3 is 5.32 Å². The highest BCUT2D eigenvalue weighted by molar-refractivity contribution is 8.67. The zero-order valence-corrected chi connectivity index (χ0v) is 12.0. The van der Waals surface area contributed by atoms with Crippen molar-refractivity contribution in [1.29, 1.82) is 0 Å². The van der Waals surface area contributed by atoms with Crippen LogP contribution >= 0.6 is 22.6 Å². The minimum absolute atomic E-state index is 0.0925. The fraction of sp³-hybridized carbons (Fsp3) is 0.500. The monoisotopic (exact) mass is 283 g/mol. The molecule has 1 aromatic heterocycles. The minimum Gasteiger partial charge on any atom is -0.345 e. The molecule has 0 atom stereocenters. The molecule has 1 fully saturated rings. The predicted molar refractivity (Wildman–Crippen MR) is 77.5 cm³/mol. The Morgan fingerprint density at radius 1 is 1.50 bits per heavy atom. The van der Waals surface area contributed by atoms with Crippen LogP contribution in [0.4, 0.5) is 0 Å². The molecule has 0 radical (unpaired) electrons. The maximum absolute atomic E-state index is 12.1. The molecule has 0 bridgehead atoms. The number of hydrogen-bond donors (Lipinski definition) is 2. The van der Waals surface area contributed by atoms with Gasteiger partial charge in [-0.25, -0.2) is 4.31 Å². The molecule has 4 nitrogen and oxygen atoms in total. The van der Waals surface area contributed by atoms with Crippen molar-refractivity contribution in [3.63, 3.8) is 0 Å². The number of nitrogens with one attached hydrogen (secondary N) is 1. The number of aromatic nitrogens is 1. The number of hydrogen-bond acceptors (Lipinski definition) is 5. The first-order valence-electron chi connectivity index (χ1n) is 5.93. The quantitative estimate of drug-likeness (QED) is 0.507. The van der Waals surface area contributed by atoms with Crippen molar-refractivity contribution in [1.82, 2.24) is 14.6 Å². The molecule has 2 rings (SSSR count). The summed E-state index contributed by atoms with van der Waals surface area (Å²) in [5.74, 6) is -0.0925. The Bertz CT molecular complexity index is 405. The van der Waals surface area contributed by atoms with Gasteiger partial charge in [0.1, 0.15) is 5.69 Å². The third-order valence-corrected chi connectivity index (χ3v) is 4.54. The van der Waals surface area contributed by atoms with Gasteiger partial charge >= 0.3 is 0 Å². The summed E-state index contributed by atoms with van der Waals surface area (Å²) in [4.78, 5) is 16.1. The highest BCUT2D eigenvalue weighted by atomic mass is 33.1. The molecule has 6 heteroatoms. The van der Waals surface area contributed by atoms with E-state index in [1.54, 1.807) is 18.3 Å². The number of nitrogens with zero attached hydrogens (tertiary/aromatic N) is 2. The molecule has 1 amide bonds. The normalized spacial score (nSPS) is 19.4. The van der Waals surface area contributed by atoms with Crippen LogP contribution in [0.15, 0.2) is 24.4 Å². The van der Waals surface area contributed by atoms with E-state index in [1.165, 1.54) is 11.0 Å². The summed E-state index contributed by atoms with van der Waals surface area (Å²) in [5.41, 5.74) is 0.332. The van der Waals surface area contributed by atoms with Crippen molar-refractivity contribution in [2.45, 2.75) is 25.3 Å². The van der Waals surface area contributed by atoms with Crippen LogP contribution < -0.4 is 5.32 Å². The van der Waals surface area contributed by atoms with Crippen molar-refractivity contribution >= 4 is 28.5 Å². The molecule has 0 unspecified atom stereocenters. The predicted octanol–water partition coefficient (Wildman–Crippen LogP) is 2.16.